The molecule has 18 heavy (non-hydrogen) atoms. The lowest BCUT2D eigenvalue weighted by atomic mass is 10.1. The summed E-state index contributed by atoms with van der Waals surface area (Å²) in [6.45, 7) is 1.98. The Morgan fingerprint density at radius 3 is 2.56 bits per heavy atom. The van der Waals surface area contributed by atoms with Crippen molar-refractivity contribution in [2.45, 2.75) is 19.4 Å². The SMILES string of the molecule is COC(=O)C(C/C=C/c1ccc(C)cc1)[N+](=O)[O-]. The lowest BCUT2D eigenvalue weighted by Gasteiger charge is -2.03. The standard InChI is InChI=1S/C13H15NO4/c1-10-6-8-11(9-7-10)4-3-5-12(14(16)17)13(15)18-2/h3-4,6-9,12H,5H2,1-2H3/b4-3+. The van der Waals surface area contributed by atoms with E-state index in [0.717, 1.165) is 18.2 Å². The van der Waals surface area contributed by atoms with E-state index in [-0.39, 0.29) is 6.42 Å². The minimum absolute atomic E-state index is 0.0214. The van der Waals surface area contributed by atoms with Gasteiger partial charge in [-0.25, -0.2) is 4.79 Å². The number of methoxy groups -OCH3 is 1. The molecule has 0 N–H and O–H groups in total. The van der Waals surface area contributed by atoms with Crippen LogP contribution in [0.25, 0.3) is 6.08 Å². The summed E-state index contributed by atoms with van der Waals surface area (Å²) in [5.74, 6) is -0.825. The summed E-state index contributed by atoms with van der Waals surface area (Å²) in [5.41, 5.74) is 2.08. The highest BCUT2D eigenvalue weighted by atomic mass is 16.6. The van der Waals surface area contributed by atoms with Crippen LogP contribution in [0.2, 0.25) is 0 Å². The highest BCUT2D eigenvalue weighted by Crippen LogP contribution is 2.08. The first-order valence-corrected chi connectivity index (χ1v) is 5.49. The third-order valence-electron chi connectivity index (χ3n) is 2.47. The van der Waals surface area contributed by atoms with Gasteiger partial charge in [-0.3, -0.25) is 10.1 Å². The predicted molar refractivity (Wildman–Crippen MR) is 67.6 cm³/mol. The zero-order valence-corrected chi connectivity index (χ0v) is 10.3. The number of nitro groups is 1. The fourth-order valence-electron chi connectivity index (χ4n) is 1.41. The van der Waals surface area contributed by atoms with Crippen LogP contribution in [0.4, 0.5) is 0 Å². The molecule has 1 rings (SSSR count). The molecule has 5 heteroatoms. The summed E-state index contributed by atoms with van der Waals surface area (Å²) >= 11 is 0. The first kappa shape index (κ1) is 13.9. The molecule has 0 bridgehead atoms. The molecule has 0 fully saturated rings. The highest BCUT2D eigenvalue weighted by Gasteiger charge is 2.28. The van der Waals surface area contributed by atoms with Gasteiger partial charge in [-0.2, -0.15) is 0 Å². The molecule has 0 aliphatic carbocycles. The zero-order chi connectivity index (χ0) is 13.5. The molecule has 1 atom stereocenters. The Bertz CT molecular complexity index is 451. The van der Waals surface area contributed by atoms with Gasteiger partial charge in [-0.1, -0.05) is 42.0 Å². The van der Waals surface area contributed by atoms with E-state index in [2.05, 4.69) is 4.74 Å². The number of esters is 1. The first-order chi connectivity index (χ1) is 8.54. The van der Waals surface area contributed by atoms with Crippen molar-refractivity contribution in [1.29, 1.82) is 0 Å². The van der Waals surface area contributed by atoms with Crippen LogP contribution >= 0.6 is 0 Å². The summed E-state index contributed by atoms with van der Waals surface area (Å²) in [6, 6.07) is 6.38. The summed E-state index contributed by atoms with van der Waals surface area (Å²) < 4.78 is 4.38. The van der Waals surface area contributed by atoms with Gasteiger partial charge in [-0.15, -0.1) is 0 Å². The molecule has 0 saturated carbocycles. The van der Waals surface area contributed by atoms with Gasteiger partial charge in [0.1, 0.15) is 0 Å². The van der Waals surface area contributed by atoms with Gasteiger partial charge in [-0.05, 0) is 12.5 Å². The number of rotatable bonds is 5. The number of carbonyl (C=O) groups is 1. The van der Waals surface area contributed by atoms with E-state index in [9.17, 15) is 14.9 Å². The number of ether oxygens (including phenoxy) is 1. The molecule has 0 aliphatic heterocycles. The van der Waals surface area contributed by atoms with Crippen LogP contribution in [0.15, 0.2) is 30.3 Å². The monoisotopic (exact) mass is 249 g/mol. The van der Waals surface area contributed by atoms with E-state index in [1.807, 2.05) is 31.2 Å². The highest BCUT2D eigenvalue weighted by molar-refractivity contribution is 5.74. The van der Waals surface area contributed by atoms with Gasteiger partial charge in [0.15, 0.2) is 0 Å². The topological polar surface area (TPSA) is 69.4 Å². The fraction of sp³-hybridized carbons (Fsp3) is 0.308. The quantitative estimate of drug-likeness (QED) is 0.456. The summed E-state index contributed by atoms with van der Waals surface area (Å²) in [4.78, 5) is 21.2. The Hall–Kier alpha value is -2.17. The fourth-order valence-corrected chi connectivity index (χ4v) is 1.41. The maximum absolute atomic E-state index is 11.1. The van der Waals surface area contributed by atoms with Gasteiger partial charge in [0.05, 0.1) is 7.11 Å². The second kappa shape index (κ2) is 6.54. The maximum Gasteiger partial charge on any atom is 0.381 e. The molecule has 0 aromatic heterocycles. The second-order valence-corrected chi connectivity index (χ2v) is 3.87. The van der Waals surface area contributed by atoms with Crippen molar-refractivity contribution in [1.82, 2.24) is 0 Å². The molecular weight excluding hydrogens is 234 g/mol. The molecule has 0 spiro atoms. The minimum Gasteiger partial charge on any atom is -0.464 e. The largest absolute Gasteiger partial charge is 0.464 e. The number of hydrogen-bond donors (Lipinski definition) is 0. The van der Waals surface area contributed by atoms with Crippen LogP contribution in [0.1, 0.15) is 17.5 Å². The molecule has 0 saturated heterocycles. The van der Waals surface area contributed by atoms with Gasteiger partial charge >= 0.3 is 12.0 Å². The van der Waals surface area contributed by atoms with Crippen molar-refractivity contribution in [3.05, 3.63) is 51.6 Å². The van der Waals surface area contributed by atoms with Gasteiger partial charge in [0, 0.05) is 11.3 Å². The molecule has 0 aliphatic rings. The Morgan fingerprint density at radius 1 is 1.44 bits per heavy atom. The van der Waals surface area contributed by atoms with E-state index in [4.69, 9.17) is 0 Å². The van der Waals surface area contributed by atoms with E-state index < -0.39 is 16.9 Å². The number of aryl methyl sites for hydroxylation is 1. The summed E-state index contributed by atoms with van der Waals surface area (Å²) in [5, 5.41) is 10.7. The van der Waals surface area contributed by atoms with Crippen molar-refractivity contribution in [2.24, 2.45) is 0 Å². The van der Waals surface area contributed by atoms with Crippen molar-refractivity contribution >= 4 is 12.0 Å². The minimum atomic E-state index is -1.34. The van der Waals surface area contributed by atoms with Crippen LogP contribution < -0.4 is 0 Å². The van der Waals surface area contributed by atoms with E-state index in [1.165, 1.54) is 0 Å². The molecule has 1 aromatic carbocycles. The van der Waals surface area contributed by atoms with Crippen molar-refractivity contribution in [3.63, 3.8) is 0 Å². The molecule has 96 valence electrons. The molecule has 5 nitrogen and oxygen atoms in total. The lowest BCUT2D eigenvalue weighted by molar-refractivity contribution is -0.509. The van der Waals surface area contributed by atoms with Crippen molar-refractivity contribution in [2.75, 3.05) is 7.11 Å². The Balaban J connectivity index is 2.64. The predicted octanol–water partition coefficient (Wildman–Crippen LogP) is 2.22. The maximum atomic E-state index is 11.1. The average Bonchev–Trinajstić information content (AvgIpc) is 2.35. The third kappa shape index (κ3) is 4.01. The molecule has 1 aromatic rings. The van der Waals surface area contributed by atoms with Gasteiger partial charge in [0.25, 0.3) is 0 Å². The third-order valence-corrected chi connectivity index (χ3v) is 2.47. The van der Waals surface area contributed by atoms with Crippen LogP contribution in [0.3, 0.4) is 0 Å². The Labute approximate surface area is 105 Å². The molecule has 0 amide bonds. The average molecular weight is 249 g/mol. The first-order valence-electron chi connectivity index (χ1n) is 5.49. The normalized spacial score (nSPS) is 12.3. The number of hydrogen-bond acceptors (Lipinski definition) is 4. The number of nitrogens with zero attached hydrogens (tertiary/aromatic N) is 1. The Morgan fingerprint density at radius 2 is 2.06 bits per heavy atom. The smallest absolute Gasteiger partial charge is 0.381 e. The van der Waals surface area contributed by atoms with Crippen molar-refractivity contribution in [3.8, 4) is 0 Å². The Kier molecular flexibility index (Phi) is 5.05. The van der Waals surface area contributed by atoms with E-state index in [1.54, 1.807) is 12.2 Å². The lowest BCUT2D eigenvalue weighted by Crippen LogP contribution is -2.29. The summed E-state index contributed by atoms with van der Waals surface area (Å²) in [7, 11) is 1.14. The second-order valence-electron chi connectivity index (χ2n) is 3.87. The van der Waals surface area contributed by atoms with E-state index in [0.29, 0.717) is 0 Å². The van der Waals surface area contributed by atoms with Gasteiger partial charge in [0.2, 0.25) is 0 Å². The molecule has 1 unspecified atom stereocenters. The summed E-state index contributed by atoms with van der Waals surface area (Å²) in [6.07, 6.45) is 3.38. The van der Waals surface area contributed by atoms with Crippen LogP contribution in [0.5, 0.6) is 0 Å². The molecular formula is C13H15NO4. The number of carbonyl (C=O) groups excluding carboxylic acids is 1. The zero-order valence-electron chi connectivity index (χ0n) is 10.3. The van der Waals surface area contributed by atoms with Crippen LogP contribution in [-0.4, -0.2) is 24.0 Å². The van der Waals surface area contributed by atoms with Crippen LogP contribution in [0, 0.1) is 17.0 Å². The van der Waals surface area contributed by atoms with Crippen molar-refractivity contribution < 1.29 is 14.5 Å². The molecule has 0 radical (unpaired) electrons. The van der Waals surface area contributed by atoms with E-state index >= 15 is 0 Å². The number of benzene rings is 1. The van der Waals surface area contributed by atoms with Gasteiger partial charge < -0.3 is 4.74 Å². The van der Waals surface area contributed by atoms with Crippen LogP contribution in [-0.2, 0) is 9.53 Å². The molecule has 0 heterocycles.